The van der Waals surface area contributed by atoms with Crippen LogP contribution in [0.25, 0.3) is 0 Å². The average Bonchev–Trinajstić information content (AvgIpc) is 3.02. The second-order valence-electron chi connectivity index (χ2n) is 5.52. The average molecular weight is 318 g/mol. The lowest BCUT2D eigenvalue weighted by atomic mass is 10.1. The van der Waals surface area contributed by atoms with Gasteiger partial charge in [-0.1, -0.05) is 35.5 Å². The number of likely N-dealkylation sites (N-methyl/N-ethyl adjacent to an activating group) is 1. The van der Waals surface area contributed by atoms with Crippen molar-refractivity contribution in [2.75, 3.05) is 13.7 Å². The van der Waals surface area contributed by atoms with Gasteiger partial charge in [-0.25, -0.2) is 4.79 Å². The maximum atomic E-state index is 12.0. The van der Waals surface area contributed by atoms with Crippen LogP contribution in [0.4, 0.5) is 4.79 Å². The normalized spacial score (nSPS) is 13.4. The number of aliphatic hydroxyl groups is 1. The maximum Gasteiger partial charge on any atom is 0.318 e. The minimum Gasteiger partial charge on any atom is -0.394 e. The summed E-state index contributed by atoms with van der Waals surface area (Å²) in [5.74, 6) is 0.929. The number of urea groups is 1. The second-order valence-corrected chi connectivity index (χ2v) is 5.52. The van der Waals surface area contributed by atoms with E-state index in [4.69, 9.17) is 9.63 Å². The Morgan fingerprint density at radius 3 is 2.70 bits per heavy atom. The summed E-state index contributed by atoms with van der Waals surface area (Å²) in [5, 5.41) is 15.8. The third-order valence-corrected chi connectivity index (χ3v) is 3.65. The third-order valence-electron chi connectivity index (χ3n) is 3.65. The van der Waals surface area contributed by atoms with E-state index in [1.165, 1.54) is 4.90 Å². The van der Waals surface area contributed by atoms with Crippen LogP contribution in [0.3, 0.4) is 0 Å². The highest BCUT2D eigenvalue weighted by molar-refractivity contribution is 5.74. The molecule has 0 aliphatic carbocycles. The summed E-state index contributed by atoms with van der Waals surface area (Å²) in [5.41, 5.74) is 1.08. The molecule has 0 saturated carbocycles. The monoisotopic (exact) mass is 318 g/mol. The molecule has 2 unspecified atom stereocenters. The lowest BCUT2D eigenvalue weighted by Gasteiger charge is -2.24. The molecule has 1 aromatic carbocycles. The number of benzene rings is 1. The molecular formula is C16H22N4O3. The fourth-order valence-electron chi connectivity index (χ4n) is 1.96. The smallest absolute Gasteiger partial charge is 0.318 e. The summed E-state index contributed by atoms with van der Waals surface area (Å²) in [6.07, 6.45) is 0.552. The predicted molar refractivity (Wildman–Crippen MR) is 84.8 cm³/mol. The van der Waals surface area contributed by atoms with Crippen molar-refractivity contribution in [1.29, 1.82) is 0 Å². The fraction of sp³-hybridized carbons (Fsp3) is 0.438. The standard InChI is InChI=1S/C16H22N4O3/c1-11(10-21)20(3)16(22)17-12(2)15-18-14(23-19-15)9-13-7-5-4-6-8-13/h4-8,11-12,21H,9-10H2,1-3H3,(H,17,22). The summed E-state index contributed by atoms with van der Waals surface area (Å²) < 4.78 is 5.23. The van der Waals surface area contributed by atoms with Gasteiger partial charge in [0, 0.05) is 7.05 Å². The Balaban J connectivity index is 1.95. The summed E-state index contributed by atoms with van der Waals surface area (Å²) in [6, 6.07) is 8.88. The predicted octanol–water partition coefficient (Wildman–Crippen LogP) is 1.74. The molecule has 0 aliphatic rings. The van der Waals surface area contributed by atoms with E-state index in [2.05, 4.69) is 15.5 Å². The lowest BCUT2D eigenvalue weighted by molar-refractivity contribution is 0.155. The molecule has 2 atom stereocenters. The molecule has 0 spiro atoms. The largest absolute Gasteiger partial charge is 0.394 e. The Labute approximate surface area is 135 Å². The van der Waals surface area contributed by atoms with E-state index >= 15 is 0 Å². The van der Waals surface area contributed by atoms with E-state index < -0.39 is 0 Å². The van der Waals surface area contributed by atoms with E-state index in [9.17, 15) is 4.79 Å². The summed E-state index contributed by atoms with van der Waals surface area (Å²) in [7, 11) is 1.62. The lowest BCUT2D eigenvalue weighted by Crippen LogP contribution is -2.44. The number of hydrogen-bond acceptors (Lipinski definition) is 5. The Morgan fingerprint density at radius 2 is 2.04 bits per heavy atom. The van der Waals surface area contributed by atoms with Gasteiger partial charge in [0.25, 0.3) is 0 Å². The van der Waals surface area contributed by atoms with Gasteiger partial charge >= 0.3 is 6.03 Å². The SMILES string of the molecule is CC(NC(=O)N(C)C(C)CO)c1noc(Cc2ccccc2)n1. The molecular weight excluding hydrogens is 296 g/mol. The number of nitrogens with zero attached hydrogens (tertiary/aromatic N) is 3. The Bertz CT molecular complexity index is 629. The van der Waals surface area contributed by atoms with Crippen molar-refractivity contribution in [2.45, 2.75) is 32.4 Å². The van der Waals surface area contributed by atoms with Crippen LogP contribution in [-0.4, -0.2) is 45.9 Å². The molecule has 23 heavy (non-hydrogen) atoms. The number of aliphatic hydroxyl groups excluding tert-OH is 1. The number of nitrogens with one attached hydrogen (secondary N) is 1. The first-order chi connectivity index (χ1) is 11.0. The zero-order valence-corrected chi connectivity index (χ0v) is 13.6. The highest BCUT2D eigenvalue weighted by Crippen LogP contribution is 2.12. The Morgan fingerprint density at radius 1 is 1.35 bits per heavy atom. The molecule has 0 radical (unpaired) electrons. The molecule has 7 nitrogen and oxygen atoms in total. The first-order valence-corrected chi connectivity index (χ1v) is 7.51. The Hall–Kier alpha value is -2.41. The molecule has 2 N–H and O–H groups in total. The fourth-order valence-corrected chi connectivity index (χ4v) is 1.96. The van der Waals surface area contributed by atoms with Gasteiger partial charge in [-0.2, -0.15) is 4.98 Å². The van der Waals surface area contributed by atoms with Gasteiger partial charge in [0.1, 0.15) is 0 Å². The summed E-state index contributed by atoms with van der Waals surface area (Å²) in [6.45, 7) is 3.45. The van der Waals surface area contributed by atoms with Crippen molar-refractivity contribution in [3.63, 3.8) is 0 Å². The van der Waals surface area contributed by atoms with Gasteiger partial charge < -0.3 is 19.8 Å². The third kappa shape index (κ3) is 4.53. The highest BCUT2D eigenvalue weighted by atomic mass is 16.5. The quantitative estimate of drug-likeness (QED) is 0.846. The van der Waals surface area contributed by atoms with Gasteiger partial charge in [0.2, 0.25) is 5.89 Å². The zero-order valence-electron chi connectivity index (χ0n) is 13.6. The number of hydrogen-bond donors (Lipinski definition) is 2. The molecule has 2 amide bonds. The number of amides is 2. The van der Waals surface area contributed by atoms with Gasteiger partial charge in [-0.15, -0.1) is 0 Å². The number of aromatic nitrogens is 2. The minimum atomic E-state index is -0.385. The van der Waals surface area contributed by atoms with E-state index in [-0.39, 0.29) is 24.7 Å². The van der Waals surface area contributed by atoms with Crippen LogP contribution >= 0.6 is 0 Å². The van der Waals surface area contributed by atoms with Crippen LogP contribution in [0.15, 0.2) is 34.9 Å². The van der Waals surface area contributed by atoms with Crippen LogP contribution in [0.2, 0.25) is 0 Å². The van der Waals surface area contributed by atoms with E-state index in [1.807, 2.05) is 30.3 Å². The van der Waals surface area contributed by atoms with Crippen molar-refractivity contribution >= 4 is 6.03 Å². The molecule has 0 fully saturated rings. The van der Waals surface area contributed by atoms with Crippen LogP contribution in [0.5, 0.6) is 0 Å². The van der Waals surface area contributed by atoms with Crippen molar-refractivity contribution in [3.8, 4) is 0 Å². The second kappa shape index (κ2) is 7.73. The molecule has 2 rings (SSSR count). The van der Waals surface area contributed by atoms with E-state index in [1.54, 1.807) is 20.9 Å². The number of rotatable bonds is 6. The number of carbonyl (C=O) groups excluding carboxylic acids is 1. The summed E-state index contributed by atoms with van der Waals surface area (Å²) in [4.78, 5) is 17.8. The van der Waals surface area contributed by atoms with Crippen LogP contribution in [0.1, 0.15) is 37.2 Å². The molecule has 1 aromatic heterocycles. The first-order valence-electron chi connectivity index (χ1n) is 7.51. The number of carbonyl (C=O) groups is 1. The molecule has 2 aromatic rings. The van der Waals surface area contributed by atoms with E-state index in [0.717, 1.165) is 5.56 Å². The van der Waals surface area contributed by atoms with Crippen molar-refractivity contribution in [3.05, 3.63) is 47.6 Å². The molecule has 7 heteroatoms. The van der Waals surface area contributed by atoms with Gasteiger partial charge in [0.05, 0.1) is 25.1 Å². The van der Waals surface area contributed by atoms with Gasteiger partial charge in [-0.3, -0.25) is 0 Å². The van der Waals surface area contributed by atoms with Crippen molar-refractivity contribution < 1.29 is 14.4 Å². The highest BCUT2D eigenvalue weighted by Gasteiger charge is 2.20. The zero-order chi connectivity index (χ0) is 16.8. The van der Waals surface area contributed by atoms with Crippen molar-refractivity contribution in [1.82, 2.24) is 20.4 Å². The van der Waals surface area contributed by atoms with Gasteiger partial charge in [0.15, 0.2) is 5.82 Å². The topological polar surface area (TPSA) is 91.5 Å². The van der Waals surface area contributed by atoms with E-state index in [0.29, 0.717) is 18.1 Å². The molecule has 1 heterocycles. The van der Waals surface area contributed by atoms with Gasteiger partial charge in [-0.05, 0) is 19.4 Å². The molecule has 0 aliphatic heterocycles. The van der Waals surface area contributed by atoms with Crippen LogP contribution in [0, 0.1) is 0 Å². The van der Waals surface area contributed by atoms with Crippen LogP contribution in [-0.2, 0) is 6.42 Å². The minimum absolute atomic E-state index is 0.0955. The molecule has 0 saturated heterocycles. The van der Waals surface area contributed by atoms with Crippen molar-refractivity contribution in [2.24, 2.45) is 0 Å². The van der Waals surface area contributed by atoms with Crippen LogP contribution < -0.4 is 5.32 Å². The first kappa shape index (κ1) is 17.0. The molecule has 124 valence electrons. The summed E-state index contributed by atoms with van der Waals surface area (Å²) >= 11 is 0. The Kier molecular flexibility index (Phi) is 5.70. The molecule has 0 bridgehead atoms. The maximum absolute atomic E-state index is 12.0.